The van der Waals surface area contributed by atoms with Gasteiger partial charge in [-0.15, -0.1) is 5.10 Å². The van der Waals surface area contributed by atoms with Crippen LogP contribution in [0.4, 0.5) is 0 Å². The smallest absolute Gasteiger partial charge is 0.251 e. The van der Waals surface area contributed by atoms with Crippen molar-refractivity contribution in [1.29, 1.82) is 0 Å². The number of rotatable bonds is 5. The Kier molecular flexibility index (Phi) is 4.92. The molecule has 0 fully saturated rings. The summed E-state index contributed by atoms with van der Waals surface area (Å²) in [6.45, 7) is 6.15. The predicted octanol–water partition coefficient (Wildman–Crippen LogP) is 1.79. The minimum absolute atomic E-state index is 0.0310. The molecule has 2 rings (SSSR count). The normalized spacial score (nSPS) is 12.9. The Balaban J connectivity index is 2.11. The maximum absolute atomic E-state index is 12.4. The van der Waals surface area contributed by atoms with Crippen LogP contribution in [0.3, 0.4) is 0 Å². The first kappa shape index (κ1) is 16.2. The van der Waals surface area contributed by atoms with E-state index >= 15 is 0 Å². The van der Waals surface area contributed by atoms with E-state index in [0.717, 1.165) is 5.69 Å². The molecule has 0 aliphatic rings. The average molecular weight is 302 g/mol. The van der Waals surface area contributed by atoms with E-state index in [1.807, 2.05) is 6.07 Å². The first-order valence-corrected chi connectivity index (χ1v) is 7.27. The van der Waals surface area contributed by atoms with Gasteiger partial charge in [0.2, 0.25) is 0 Å². The highest BCUT2D eigenvalue weighted by atomic mass is 16.3. The lowest BCUT2D eigenvalue weighted by Crippen LogP contribution is -2.40. The summed E-state index contributed by atoms with van der Waals surface area (Å²) in [5.41, 5.74) is 1.32. The fourth-order valence-electron chi connectivity index (χ4n) is 2.30. The van der Waals surface area contributed by atoms with Crippen LogP contribution in [0.25, 0.3) is 5.69 Å². The van der Waals surface area contributed by atoms with Crippen LogP contribution in [-0.2, 0) is 0 Å². The van der Waals surface area contributed by atoms with Crippen molar-refractivity contribution in [2.24, 2.45) is 5.41 Å². The summed E-state index contributed by atoms with van der Waals surface area (Å²) >= 11 is 0. The number of aliphatic hydroxyl groups excluding tert-OH is 1. The predicted molar refractivity (Wildman–Crippen MR) is 83.8 cm³/mol. The number of carbonyl (C=O) groups excluding carboxylic acids is 1. The Morgan fingerprint density at radius 2 is 2.18 bits per heavy atom. The summed E-state index contributed by atoms with van der Waals surface area (Å²) in [5.74, 6) is -0.203. The van der Waals surface area contributed by atoms with Crippen molar-refractivity contribution >= 4 is 5.91 Å². The summed E-state index contributed by atoms with van der Waals surface area (Å²) in [4.78, 5) is 12.4. The first-order valence-electron chi connectivity index (χ1n) is 7.27. The van der Waals surface area contributed by atoms with Gasteiger partial charge in [0.15, 0.2) is 0 Å². The molecule has 0 aliphatic heterocycles. The molecule has 118 valence electrons. The number of carbonyl (C=O) groups is 1. The zero-order valence-electron chi connectivity index (χ0n) is 13.2. The highest BCUT2D eigenvalue weighted by Crippen LogP contribution is 2.21. The molecule has 0 saturated carbocycles. The van der Waals surface area contributed by atoms with Crippen LogP contribution in [0.5, 0.6) is 0 Å². The number of hydrogen-bond donors (Lipinski definition) is 2. The lowest BCUT2D eigenvalue weighted by Gasteiger charge is -2.25. The van der Waals surface area contributed by atoms with E-state index in [2.05, 4.69) is 36.4 Å². The Hall–Kier alpha value is -2.21. The molecule has 0 aliphatic carbocycles. The van der Waals surface area contributed by atoms with Gasteiger partial charge in [-0.1, -0.05) is 32.1 Å². The second-order valence-electron chi connectivity index (χ2n) is 6.52. The van der Waals surface area contributed by atoms with Gasteiger partial charge in [0.1, 0.15) is 0 Å². The number of aromatic nitrogens is 3. The molecule has 0 bridgehead atoms. The third-order valence-corrected chi connectivity index (χ3v) is 3.21. The lowest BCUT2D eigenvalue weighted by molar-refractivity contribution is 0.0897. The lowest BCUT2D eigenvalue weighted by atomic mass is 9.88. The third-order valence-electron chi connectivity index (χ3n) is 3.21. The number of amides is 1. The second kappa shape index (κ2) is 6.70. The summed E-state index contributed by atoms with van der Waals surface area (Å²) < 4.78 is 1.59. The van der Waals surface area contributed by atoms with E-state index in [4.69, 9.17) is 0 Å². The van der Waals surface area contributed by atoms with Gasteiger partial charge in [-0.2, -0.15) is 0 Å². The molecule has 2 aromatic rings. The molecule has 1 heterocycles. The highest BCUT2D eigenvalue weighted by molar-refractivity contribution is 5.94. The van der Waals surface area contributed by atoms with E-state index in [1.54, 1.807) is 35.3 Å². The van der Waals surface area contributed by atoms with E-state index in [9.17, 15) is 9.90 Å². The minimum Gasteiger partial charge on any atom is -0.394 e. The molecule has 6 nitrogen and oxygen atoms in total. The zero-order valence-corrected chi connectivity index (χ0v) is 13.2. The van der Waals surface area contributed by atoms with Gasteiger partial charge in [-0.3, -0.25) is 4.79 Å². The third kappa shape index (κ3) is 4.39. The van der Waals surface area contributed by atoms with Crippen LogP contribution < -0.4 is 5.32 Å². The topological polar surface area (TPSA) is 80.0 Å². The number of aliphatic hydroxyl groups is 1. The number of nitrogens with zero attached hydrogens (tertiary/aromatic N) is 3. The Bertz CT molecular complexity index is 617. The Labute approximate surface area is 130 Å². The molecule has 1 unspecified atom stereocenters. The van der Waals surface area contributed by atoms with Crippen LogP contribution in [0.2, 0.25) is 0 Å². The largest absolute Gasteiger partial charge is 0.394 e. The summed E-state index contributed by atoms with van der Waals surface area (Å²) in [6.07, 6.45) is 4.00. The quantitative estimate of drug-likeness (QED) is 0.882. The van der Waals surface area contributed by atoms with Crippen LogP contribution in [0.15, 0.2) is 36.7 Å². The number of benzene rings is 1. The summed E-state index contributed by atoms with van der Waals surface area (Å²) in [5, 5.41) is 20.0. The minimum atomic E-state index is -0.262. The molecule has 6 heteroatoms. The SMILES string of the molecule is CC(C)(C)CC(CO)NC(=O)c1cccc(-n2ccnn2)c1. The summed E-state index contributed by atoms with van der Waals surface area (Å²) in [7, 11) is 0. The monoisotopic (exact) mass is 302 g/mol. The molecule has 2 N–H and O–H groups in total. The highest BCUT2D eigenvalue weighted by Gasteiger charge is 2.20. The average Bonchev–Trinajstić information content (AvgIpc) is 2.99. The fraction of sp³-hybridized carbons (Fsp3) is 0.438. The van der Waals surface area contributed by atoms with Gasteiger partial charge in [-0.05, 0) is 30.0 Å². The molecule has 0 saturated heterocycles. The van der Waals surface area contributed by atoms with Crippen LogP contribution in [0, 0.1) is 5.41 Å². The van der Waals surface area contributed by atoms with Gasteiger partial charge in [-0.25, -0.2) is 4.68 Å². The van der Waals surface area contributed by atoms with Crippen LogP contribution in [-0.4, -0.2) is 38.7 Å². The maximum Gasteiger partial charge on any atom is 0.251 e. The number of hydrogen-bond acceptors (Lipinski definition) is 4. The van der Waals surface area contributed by atoms with Gasteiger partial charge in [0.05, 0.1) is 30.7 Å². The van der Waals surface area contributed by atoms with Gasteiger partial charge in [0, 0.05) is 5.56 Å². The molecule has 1 amide bonds. The van der Waals surface area contributed by atoms with Crippen LogP contribution >= 0.6 is 0 Å². The van der Waals surface area contributed by atoms with Gasteiger partial charge in [0.25, 0.3) is 5.91 Å². The van der Waals surface area contributed by atoms with Crippen molar-refractivity contribution in [1.82, 2.24) is 20.3 Å². The molecule has 1 aromatic heterocycles. The van der Waals surface area contributed by atoms with E-state index in [-0.39, 0.29) is 24.0 Å². The molecule has 22 heavy (non-hydrogen) atoms. The molecular weight excluding hydrogens is 280 g/mol. The van der Waals surface area contributed by atoms with Crippen molar-refractivity contribution < 1.29 is 9.90 Å². The maximum atomic E-state index is 12.4. The Morgan fingerprint density at radius 3 is 2.77 bits per heavy atom. The van der Waals surface area contributed by atoms with Crippen molar-refractivity contribution in [2.45, 2.75) is 33.2 Å². The van der Waals surface area contributed by atoms with Gasteiger partial charge >= 0.3 is 0 Å². The van der Waals surface area contributed by atoms with Crippen molar-refractivity contribution in [3.63, 3.8) is 0 Å². The fourth-order valence-corrected chi connectivity index (χ4v) is 2.30. The van der Waals surface area contributed by atoms with Crippen molar-refractivity contribution in [2.75, 3.05) is 6.61 Å². The van der Waals surface area contributed by atoms with Crippen molar-refractivity contribution in [3.8, 4) is 5.69 Å². The number of nitrogens with one attached hydrogen (secondary N) is 1. The molecule has 0 radical (unpaired) electrons. The van der Waals surface area contributed by atoms with E-state index in [0.29, 0.717) is 12.0 Å². The zero-order chi connectivity index (χ0) is 16.2. The standard InChI is InChI=1S/C16H22N4O2/c1-16(2,3)10-13(11-21)18-15(22)12-5-4-6-14(9-12)20-8-7-17-19-20/h4-9,13,21H,10-11H2,1-3H3,(H,18,22). The first-order chi connectivity index (χ1) is 10.4. The Morgan fingerprint density at radius 1 is 1.41 bits per heavy atom. The molecule has 1 aromatic carbocycles. The van der Waals surface area contributed by atoms with Crippen molar-refractivity contribution in [3.05, 3.63) is 42.2 Å². The molecule has 0 spiro atoms. The van der Waals surface area contributed by atoms with E-state index in [1.165, 1.54) is 0 Å². The molecular formula is C16H22N4O2. The van der Waals surface area contributed by atoms with Gasteiger partial charge < -0.3 is 10.4 Å². The second-order valence-corrected chi connectivity index (χ2v) is 6.52. The summed E-state index contributed by atoms with van der Waals surface area (Å²) in [6, 6.07) is 6.87. The van der Waals surface area contributed by atoms with E-state index < -0.39 is 0 Å². The molecule has 1 atom stereocenters. The van der Waals surface area contributed by atoms with Crippen LogP contribution in [0.1, 0.15) is 37.6 Å².